The molecule has 1 saturated heterocycles. The number of benzene rings is 1. The number of methoxy groups -OCH3 is 1. The van der Waals surface area contributed by atoms with Crippen LogP contribution in [0.25, 0.3) is 6.08 Å². The van der Waals surface area contributed by atoms with E-state index in [2.05, 4.69) is 5.32 Å². The third kappa shape index (κ3) is 2.73. The van der Waals surface area contributed by atoms with Crippen molar-refractivity contribution in [1.29, 1.82) is 0 Å². The molecule has 1 aliphatic heterocycles. The average molecular weight is 312 g/mol. The van der Waals surface area contributed by atoms with Crippen molar-refractivity contribution in [2.45, 2.75) is 0 Å². The predicted octanol–water partition coefficient (Wildman–Crippen LogP) is 1.80. The fraction of sp³-hybridized carbons (Fsp3) is 0.0909. The molecule has 7 nitrogen and oxygen atoms in total. The van der Waals surface area contributed by atoms with Gasteiger partial charge in [-0.3, -0.25) is 14.9 Å². The molecule has 0 bridgehead atoms. The molecule has 0 unspecified atom stereocenters. The summed E-state index contributed by atoms with van der Waals surface area (Å²) in [5, 5.41) is 23.0. The van der Waals surface area contributed by atoms with Gasteiger partial charge in [-0.2, -0.15) is 0 Å². The Hall–Kier alpha value is -2.13. The van der Waals surface area contributed by atoms with Gasteiger partial charge < -0.3 is 15.2 Å². The fourth-order valence-electron chi connectivity index (χ4n) is 1.57. The van der Waals surface area contributed by atoms with Gasteiger partial charge in [-0.1, -0.05) is 24.0 Å². The number of thiocarbonyl (C=S) groups is 1. The van der Waals surface area contributed by atoms with Crippen LogP contribution in [0.5, 0.6) is 11.5 Å². The summed E-state index contributed by atoms with van der Waals surface area (Å²) in [4.78, 5) is 22.1. The van der Waals surface area contributed by atoms with Crippen molar-refractivity contribution in [3.8, 4) is 11.5 Å². The predicted molar refractivity (Wildman–Crippen MR) is 77.6 cm³/mol. The molecular formula is C11H8N2O5S2. The smallest absolute Gasteiger partial charge is 0.280 e. The molecule has 0 radical (unpaired) electrons. The maximum absolute atomic E-state index is 11.6. The van der Waals surface area contributed by atoms with Crippen LogP contribution in [0.3, 0.4) is 0 Å². The number of phenolic OH excluding ortho intramolecular Hbond substituents is 1. The van der Waals surface area contributed by atoms with Crippen LogP contribution in [-0.2, 0) is 4.79 Å². The van der Waals surface area contributed by atoms with E-state index in [1.54, 1.807) is 0 Å². The first-order chi connectivity index (χ1) is 9.42. The Bertz CT molecular complexity index is 656. The molecule has 0 aliphatic carbocycles. The number of aromatic hydroxyl groups is 1. The zero-order chi connectivity index (χ0) is 14.9. The van der Waals surface area contributed by atoms with Gasteiger partial charge >= 0.3 is 0 Å². The molecule has 1 fully saturated rings. The molecule has 2 N–H and O–H groups in total. The standard InChI is InChI=1S/C11H8N2O5S2/c1-18-8-2-5(6(13(16)17)4-7(8)14)3-9-10(15)12-11(19)20-9/h2-4,14H,1H3,(H,12,15,19). The zero-order valence-corrected chi connectivity index (χ0v) is 11.7. The minimum absolute atomic E-state index is 0.0773. The van der Waals surface area contributed by atoms with Gasteiger partial charge in [-0.05, 0) is 12.1 Å². The number of nitro groups is 1. The van der Waals surface area contributed by atoms with Gasteiger partial charge in [0.05, 0.1) is 28.6 Å². The Labute approximate surface area is 122 Å². The number of rotatable bonds is 3. The number of carbonyl (C=O) groups excluding carboxylic acids is 1. The molecule has 0 spiro atoms. The summed E-state index contributed by atoms with van der Waals surface area (Å²) in [5.41, 5.74) is -0.186. The van der Waals surface area contributed by atoms with Crippen molar-refractivity contribution >= 4 is 46.0 Å². The first kappa shape index (κ1) is 14.3. The Balaban J connectivity index is 2.55. The quantitative estimate of drug-likeness (QED) is 0.380. The summed E-state index contributed by atoms with van der Waals surface area (Å²) in [6.07, 6.45) is 1.33. The van der Waals surface area contributed by atoms with Crippen molar-refractivity contribution in [1.82, 2.24) is 5.32 Å². The summed E-state index contributed by atoms with van der Waals surface area (Å²) in [6, 6.07) is 2.26. The molecule has 0 saturated carbocycles. The van der Waals surface area contributed by atoms with Gasteiger partial charge in [0.1, 0.15) is 4.32 Å². The monoisotopic (exact) mass is 312 g/mol. The van der Waals surface area contributed by atoms with Crippen LogP contribution in [0.1, 0.15) is 5.56 Å². The Morgan fingerprint density at radius 2 is 2.25 bits per heavy atom. The molecule has 1 amide bonds. The molecule has 0 aromatic heterocycles. The molecule has 0 atom stereocenters. The normalized spacial score (nSPS) is 16.4. The van der Waals surface area contributed by atoms with Crippen molar-refractivity contribution in [2.24, 2.45) is 0 Å². The van der Waals surface area contributed by atoms with Gasteiger partial charge in [-0.25, -0.2) is 0 Å². The molecule has 9 heteroatoms. The minimum Gasteiger partial charge on any atom is -0.504 e. The van der Waals surface area contributed by atoms with Crippen LogP contribution < -0.4 is 10.1 Å². The summed E-state index contributed by atoms with van der Waals surface area (Å²) in [6.45, 7) is 0. The van der Waals surface area contributed by atoms with Crippen molar-refractivity contribution in [3.63, 3.8) is 0 Å². The molecule has 2 rings (SSSR count). The fourth-order valence-corrected chi connectivity index (χ4v) is 2.61. The van der Waals surface area contributed by atoms with Crippen LogP contribution in [0.4, 0.5) is 5.69 Å². The highest BCUT2D eigenvalue weighted by molar-refractivity contribution is 8.26. The summed E-state index contributed by atoms with van der Waals surface area (Å²) < 4.78 is 5.18. The molecule has 104 valence electrons. The first-order valence-corrected chi connectivity index (χ1v) is 6.45. The van der Waals surface area contributed by atoms with Gasteiger partial charge in [0.15, 0.2) is 11.5 Å². The number of nitrogens with one attached hydrogen (secondary N) is 1. The van der Waals surface area contributed by atoms with E-state index in [4.69, 9.17) is 17.0 Å². The highest BCUT2D eigenvalue weighted by Crippen LogP contribution is 2.36. The largest absolute Gasteiger partial charge is 0.504 e. The number of nitrogens with zero attached hydrogens (tertiary/aromatic N) is 1. The van der Waals surface area contributed by atoms with Crippen molar-refractivity contribution in [3.05, 3.63) is 32.7 Å². The average Bonchev–Trinajstić information content (AvgIpc) is 2.69. The lowest BCUT2D eigenvalue weighted by atomic mass is 10.1. The number of hydrogen-bond acceptors (Lipinski definition) is 7. The lowest BCUT2D eigenvalue weighted by Crippen LogP contribution is -2.17. The van der Waals surface area contributed by atoms with E-state index in [1.165, 1.54) is 19.3 Å². The van der Waals surface area contributed by atoms with Crippen LogP contribution in [0.2, 0.25) is 0 Å². The number of hydrogen-bond donors (Lipinski definition) is 2. The zero-order valence-electron chi connectivity index (χ0n) is 10.1. The van der Waals surface area contributed by atoms with E-state index in [0.29, 0.717) is 0 Å². The highest BCUT2D eigenvalue weighted by Gasteiger charge is 2.25. The number of carbonyl (C=O) groups is 1. The van der Waals surface area contributed by atoms with E-state index in [0.717, 1.165) is 17.8 Å². The number of nitro benzene ring substituents is 1. The van der Waals surface area contributed by atoms with Crippen molar-refractivity contribution < 1.29 is 19.6 Å². The maximum Gasteiger partial charge on any atom is 0.280 e. The maximum atomic E-state index is 11.6. The topological polar surface area (TPSA) is 102 Å². The van der Waals surface area contributed by atoms with Gasteiger partial charge in [0.25, 0.3) is 11.6 Å². The molecule has 1 aromatic carbocycles. The summed E-state index contributed by atoms with van der Waals surface area (Å²) in [7, 11) is 1.32. The van der Waals surface area contributed by atoms with E-state index in [-0.39, 0.29) is 32.0 Å². The second-order valence-corrected chi connectivity index (χ2v) is 5.41. The molecule has 20 heavy (non-hydrogen) atoms. The van der Waals surface area contributed by atoms with Gasteiger partial charge in [0, 0.05) is 0 Å². The third-order valence-electron chi connectivity index (χ3n) is 2.45. The summed E-state index contributed by atoms with van der Waals surface area (Å²) >= 11 is 5.85. The summed E-state index contributed by atoms with van der Waals surface area (Å²) in [5.74, 6) is -0.685. The minimum atomic E-state index is -0.651. The second-order valence-electron chi connectivity index (χ2n) is 3.69. The second kappa shape index (κ2) is 5.47. The molecular weight excluding hydrogens is 304 g/mol. The Morgan fingerprint density at radius 3 is 2.75 bits per heavy atom. The first-order valence-electron chi connectivity index (χ1n) is 5.22. The lowest BCUT2D eigenvalue weighted by Gasteiger charge is -2.05. The van der Waals surface area contributed by atoms with Gasteiger partial charge in [0.2, 0.25) is 0 Å². The van der Waals surface area contributed by atoms with Crippen molar-refractivity contribution in [2.75, 3.05) is 7.11 Å². The number of amides is 1. The number of ether oxygens (including phenoxy) is 1. The van der Waals surface area contributed by atoms with Crippen LogP contribution in [0, 0.1) is 10.1 Å². The lowest BCUT2D eigenvalue weighted by molar-refractivity contribution is -0.385. The molecule has 1 aromatic rings. The number of thioether (sulfide) groups is 1. The SMILES string of the molecule is COc1cc(C=C2SC(=S)NC2=O)c([N+](=O)[O-])cc1O. The third-order valence-corrected chi connectivity index (χ3v) is 3.62. The van der Waals surface area contributed by atoms with Crippen LogP contribution >= 0.6 is 24.0 Å². The Morgan fingerprint density at radius 1 is 1.55 bits per heavy atom. The molecule has 1 heterocycles. The number of phenols is 1. The van der Waals surface area contributed by atoms with Gasteiger partial charge in [-0.15, -0.1) is 0 Å². The van der Waals surface area contributed by atoms with Crippen LogP contribution in [0.15, 0.2) is 17.0 Å². The van der Waals surface area contributed by atoms with Crippen LogP contribution in [-0.4, -0.2) is 27.4 Å². The van der Waals surface area contributed by atoms with E-state index in [9.17, 15) is 20.0 Å². The van der Waals surface area contributed by atoms with E-state index in [1.807, 2.05) is 0 Å². The van der Waals surface area contributed by atoms with E-state index < -0.39 is 10.8 Å². The van der Waals surface area contributed by atoms with E-state index >= 15 is 0 Å². The molecule has 1 aliphatic rings. The Kier molecular flexibility index (Phi) is 3.91. The highest BCUT2D eigenvalue weighted by atomic mass is 32.2.